The zero-order chi connectivity index (χ0) is 14.1. The molecule has 0 saturated heterocycles. The molecule has 0 spiro atoms. The van der Waals surface area contributed by atoms with Crippen LogP contribution >= 0.6 is 11.6 Å². The third-order valence-corrected chi connectivity index (χ3v) is 3.35. The lowest BCUT2D eigenvalue weighted by Gasteiger charge is -2.21. The summed E-state index contributed by atoms with van der Waals surface area (Å²) in [7, 11) is 0. The molecule has 0 aliphatic heterocycles. The van der Waals surface area contributed by atoms with Crippen LogP contribution in [-0.4, -0.2) is 5.78 Å². The Bertz CT molecular complexity index is 464. The molecule has 18 heavy (non-hydrogen) atoms. The summed E-state index contributed by atoms with van der Waals surface area (Å²) >= 11 is 5.58. The minimum absolute atomic E-state index is 0.208. The van der Waals surface area contributed by atoms with Crippen LogP contribution in [0.3, 0.4) is 0 Å². The number of halogens is 4. The molecule has 0 aliphatic carbocycles. The minimum Gasteiger partial charge on any atom is -0.294 e. The normalized spacial score (nSPS) is 12.6. The van der Waals surface area contributed by atoms with E-state index < -0.39 is 22.2 Å². The smallest absolute Gasteiger partial charge is 0.294 e. The molecule has 0 amide bonds. The fourth-order valence-corrected chi connectivity index (χ4v) is 1.73. The number of benzene rings is 1. The Balaban J connectivity index is 3.17. The van der Waals surface area contributed by atoms with Gasteiger partial charge < -0.3 is 0 Å². The molecule has 1 aromatic rings. The molecule has 0 aliphatic rings. The number of carbonyl (C=O) groups is 1. The van der Waals surface area contributed by atoms with E-state index in [2.05, 4.69) is 0 Å². The Kier molecular flexibility index (Phi) is 4.11. The first-order valence-electron chi connectivity index (χ1n) is 5.51. The topological polar surface area (TPSA) is 17.1 Å². The van der Waals surface area contributed by atoms with Gasteiger partial charge in [0.1, 0.15) is 0 Å². The summed E-state index contributed by atoms with van der Waals surface area (Å²) in [6.45, 7) is 5.35. The van der Waals surface area contributed by atoms with E-state index >= 15 is 0 Å². The Morgan fingerprint density at radius 1 is 1.28 bits per heavy atom. The fraction of sp³-hybridized carbons (Fsp3) is 0.462. The van der Waals surface area contributed by atoms with E-state index in [0.717, 1.165) is 12.1 Å². The van der Waals surface area contributed by atoms with Crippen LogP contribution in [0.2, 0.25) is 5.02 Å². The molecule has 1 aromatic carbocycles. The highest BCUT2D eigenvalue weighted by molar-refractivity contribution is 6.31. The lowest BCUT2D eigenvalue weighted by atomic mass is 9.82. The third-order valence-electron chi connectivity index (χ3n) is 3.04. The quantitative estimate of drug-likeness (QED) is 0.713. The van der Waals surface area contributed by atoms with Crippen molar-refractivity contribution in [1.29, 1.82) is 0 Å². The van der Waals surface area contributed by atoms with Crippen LogP contribution in [0.15, 0.2) is 18.2 Å². The molecule has 1 nitrogen and oxygen atoms in total. The fourth-order valence-electron chi connectivity index (χ4n) is 1.44. The van der Waals surface area contributed by atoms with Gasteiger partial charge in [0.15, 0.2) is 5.78 Å². The predicted octanol–water partition coefficient (Wildman–Crippen LogP) is 4.98. The van der Waals surface area contributed by atoms with Crippen molar-refractivity contribution in [3.8, 4) is 0 Å². The summed E-state index contributed by atoms with van der Waals surface area (Å²) in [5, 5.41) is -0.444. The van der Waals surface area contributed by atoms with E-state index in [0.29, 0.717) is 6.42 Å². The largest absolute Gasteiger partial charge is 0.417 e. The van der Waals surface area contributed by atoms with Crippen LogP contribution in [0.1, 0.15) is 43.1 Å². The highest BCUT2D eigenvalue weighted by Gasteiger charge is 2.34. The summed E-state index contributed by atoms with van der Waals surface area (Å²) < 4.78 is 37.5. The monoisotopic (exact) mass is 278 g/mol. The Morgan fingerprint density at radius 3 is 2.22 bits per heavy atom. The molecule has 0 atom stereocenters. The Hall–Kier alpha value is -1.03. The van der Waals surface area contributed by atoms with E-state index in [4.69, 9.17) is 11.6 Å². The number of rotatable bonds is 3. The zero-order valence-corrected chi connectivity index (χ0v) is 11.1. The molecule has 0 N–H and O–H groups in total. The maximum absolute atomic E-state index is 12.5. The van der Waals surface area contributed by atoms with Crippen molar-refractivity contribution in [2.24, 2.45) is 5.41 Å². The number of hydrogen-bond donors (Lipinski definition) is 0. The van der Waals surface area contributed by atoms with Gasteiger partial charge in [0.25, 0.3) is 0 Å². The van der Waals surface area contributed by atoms with Crippen LogP contribution in [0.25, 0.3) is 0 Å². The molecular formula is C13H14ClF3O. The third kappa shape index (κ3) is 3.05. The molecule has 5 heteroatoms. The maximum atomic E-state index is 12.5. The average molecular weight is 279 g/mol. The maximum Gasteiger partial charge on any atom is 0.417 e. The minimum atomic E-state index is -4.50. The van der Waals surface area contributed by atoms with Crippen molar-refractivity contribution in [3.05, 3.63) is 34.3 Å². The van der Waals surface area contributed by atoms with E-state index in [1.165, 1.54) is 6.07 Å². The second kappa shape index (κ2) is 4.92. The average Bonchev–Trinajstić information content (AvgIpc) is 2.26. The molecule has 0 unspecified atom stereocenters. The molecular weight excluding hydrogens is 265 g/mol. The highest BCUT2D eigenvalue weighted by Crippen LogP contribution is 2.36. The van der Waals surface area contributed by atoms with Gasteiger partial charge in [0.05, 0.1) is 10.6 Å². The second-order valence-electron chi connectivity index (χ2n) is 4.76. The van der Waals surface area contributed by atoms with Gasteiger partial charge in [-0.15, -0.1) is 0 Å². The summed E-state index contributed by atoms with van der Waals surface area (Å²) in [5.41, 5.74) is -1.32. The Labute approximate surface area is 109 Å². The summed E-state index contributed by atoms with van der Waals surface area (Å²) in [4.78, 5) is 12.1. The standard InChI is InChI=1S/C13H14ClF3O/c1-4-12(2,3)11(18)8-5-6-9(10(14)7-8)13(15,16)17/h5-7H,4H2,1-3H3. The van der Waals surface area contributed by atoms with E-state index in [-0.39, 0.29) is 11.3 Å². The van der Waals surface area contributed by atoms with Gasteiger partial charge in [-0.3, -0.25) is 4.79 Å². The van der Waals surface area contributed by atoms with Crippen LogP contribution in [0.5, 0.6) is 0 Å². The molecule has 0 heterocycles. The predicted molar refractivity (Wildman–Crippen MR) is 64.9 cm³/mol. The van der Waals surface area contributed by atoms with Crippen LogP contribution < -0.4 is 0 Å². The van der Waals surface area contributed by atoms with Gasteiger partial charge in [-0.05, 0) is 18.6 Å². The van der Waals surface area contributed by atoms with E-state index in [9.17, 15) is 18.0 Å². The van der Waals surface area contributed by atoms with Gasteiger partial charge in [-0.1, -0.05) is 38.4 Å². The number of alkyl halides is 3. The van der Waals surface area contributed by atoms with Crippen molar-refractivity contribution in [2.45, 2.75) is 33.4 Å². The second-order valence-corrected chi connectivity index (χ2v) is 5.17. The zero-order valence-electron chi connectivity index (χ0n) is 10.4. The number of hydrogen-bond acceptors (Lipinski definition) is 1. The molecule has 0 saturated carbocycles. The van der Waals surface area contributed by atoms with Crippen molar-refractivity contribution in [1.82, 2.24) is 0 Å². The summed E-state index contributed by atoms with van der Waals surface area (Å²) in [5.74, 6) is -0.208. The SMILES string of the molecule is CCC(C)(C)C(=O)c1ccc(C(F)(F)F)c(Cl)c1. The number of Topliss-reactive ketones (excluding diaryl/α,β-unsaturated/α-hetero) is 1. The molecule has 100 valence electrons. The number of carbonyl (C=O) groups excluding carboxylic acids is 1. The van der Waals surface area contributed by atoms with E-state index in [1.54, 1.807) is 13.8 Å². The molecule has 0 radical (unpaired) electrons. The lowest BCUT2D eigenvalue weighted by molar-refractivity contribution is -0.137. The Morgan fingerprint density at radius 2 is 1.83 bits per heavy atom. The van der Waals surface area contributed by atoms with Gasteiger partial charge in [0.2, 0.25) is 0 Å². The van der Waals surface area contributed by atoms with Crippen molar-refractivity contribution < 1.29 is 18.0 Å². The first-order chi connectivity index (χ1) is 8.09. The lowest BCUT2D eigenvalue weighted by Crippen LogP contribution is -2.23. The van der Waals surface area contributed by atoms with Gasteiger partial charge in [0, 0.05) is 11.0 Å². The van der Waals surface area contributed by atoms with Gasteiger partial charge in [-0.2, -0.15) is 13.2 Å². The number of ketones is 1. The highest BCUT2D eigenvalue weighted by atomic mass is 35.5. The molecule has 0 bridgehead atoms. The van der Waals surface area contributed by atoms with Crippen molar-refractivity contribution in [3.63, 3.8) is 0 Å². The van der Waals surface area contributed by atoms with Crippen LogP contribution in [0, 0.1) is 5.41 Å². The van der Waals surface area contributed by atoms with Crippen molar-refractivity contribution >= 4 is 17.4 Å². The van der Waals surface area contributed by atoms with Crippen molar-refractivity contribution in [2.75, 3.05) is 0 Å². The van der Waals surface area contributed by atoms with Crippen LogP contribution in [-0.2, 0) is 6.18 Å². The first kappa shape index (κ1) is 15.0. The first-order valence-corrected chi connectivity index (χ1v) is 5.89. The van der Waals surface area contributed by atoms with Gasteiger partial charge >= 0.3 is 6.18 Å². The summed E-state index contributed by atoms with van der Waals surface area (Å²) in [6.07, 6.45) is -3.90. The molecule has 1 rings (SSSR count). The summed E-state index contributed by atoms with van der Waals surface area (Å²) in [6, 6.07) is 3.11. The molecule has 0 aromatic heterocycles. The van der Waals surface area contributed by atoms with E-state index in [1.807, 2.05) is 6.92 Å². The van der Waals surface area contributed by atoms with Gasteiger partial charge in [-0.25, -0.2) is 0 Å². The van der Waals surface area contributed by atoms with Crippen LogP contribution in [0.4, 0.5) is 13.2 Å². The molecule has 0 fully saturated rings.